The number of aromatic nitrogens is 4. The number of fused-ring (bicyclic) bond motifs is 1. The van der Waals surface area contributed by atoms with Gasteiger partial charge in [-0.2, -0.15) is 5.10 Å². The van der Waals surface area contributed by atoms with Crippen molar-refractivity contribution in [3.63, 3.8) is 0 Å². The van der Waals surface area contributed by atoms with Gasteiger partial charge in [-0.05, 0) is 20.0 Å². The second-order valence-electron chi connectivity index (χ2n) is 6.66. The zero-order valence-electron chi connectivity index (χ0n) is 15.4. The molecule has 0 saturated carbocycles. The molecule has 0 aromatic carbocycles. The number of nitrogens with zero attached hydrogens (tertiary/aromatic N) is 7. The Bertz CT molecular complexity index is 721. The zero-order valence-corrected chi connectivity index (χ0v) is 15.4. The molecule has 1 saturated heterocycles. The van der Waals surface area contributed by atoms with Crippen LogP contribution < -0.4 is 4.90 Å². The number of piperazine rings is 1. The van der Waals surface area contributed by atoms with Crippen LogP contribution in [0.3, 0.4) is 0 Å². The lowest BCUT2D eigenvalue weighted by molar-refractivity contribution is -0.132. The molecule has 0 bridgehead atoms. The lowest BCUT2D eigenvalue weighted by Gasteiger charge is -2.36. The average molecular weight is 345 g/mol. The molecule has 0 atom stereocenters. The van der Waals surface area contributed by atoms with Crippen molar-refractivity contribution in [2.45, 2.75) is 19.8 Å². The second kappa shape index (κ2) is 7.77. The number of rotatable bonds is 6. The van der Waals surface area contributed by atoms with Gasteiger partial charge in [-0.25, -0.2) is 9.97 Å². The molecular weight excluding hydrogens is 318 g/mol. The van der Waals surface area contributed by atoms with E-state index in [1.54, 1.807) is 11.0 Å². The Balaban J connectivity index is 1.59. The summed E-state index contributed by atoms with van der Waals surface area (Å²) in [5, 5.41) is 5.23. The SMILES string of the molecule is CCCCN(C)CC(=O)N1CCN(c2ncnc3c2cnn3C)CC1. The van der Waals surface area contributed by atoms with Crippen molar-refractivity contribution in [1.29, 1.82) is 0 Å². The van der Waals surface area contributed by atoms with E-state index in [0.717, 1.165) is 62.4 Å². The minimum atomic E-state index is 0.215. The number of anilines is 1. The smallest absolute Gasteiger partial charge is 0.236 e. The Morgan fingerprint density at radius 3 is 2.72 bits per heavy atom. The molecule has 1 amide bonds. The Labute approximate surface area is 148 Å². The molecular formula is C17H27N7O. The van der Waals surface area contributed by atoms with Crippen LogP contribution in [-0.2, 0) is 11.8 Å². The summed E-state index contributed by atoms with van der Waals surface area (Å²) in [7, 11) is 3.90. The van der Waals surface area contributed by atoms with Gasteiger partial charge in [0.05, 0.1) is 18.1 Å². The summed E-state index contributed by atoms with van der Waals surface area (Å²) in [6.45, 7) is 6.67. The van der Waals surface area contributed by atoms with Crippen LogP contribution in [0.25, 0.3) is 11.0 Å². The van der Waals surface area contributed by atoms with E-state index >= 15 is 0 Å². The highest BCUT2D eigenvalue weighted by atomic mass is 16.2. The molecule has 3 heterocycles. The van der Waals surface area contributed by atoms with E-state index in [0.29, 0.717) is 6.54 Å². The zero-order chi connectivity index (χ0) is 17.8. The summed E-state index contributed by atoms with van der Waals surface area (Å²) >= 11 is 0. The molecule has 136 valence electrons. The number of carbonyl (C=O) groups excluding carboxylic acids is 1. The molecule has 1 aliphatic rings. The minimum absolute atomic E-state index is 0.215. The topological polar surface area (TPSA) is 70.4 Å². The molecule has 2 aromatic heterocycles. The van der Waals surface area contributed by atoms with Crippen molar-refractivity contribution >= 4 is 22.8 Å². The van der Waals surface area contributed by atoms with Crippen LogP contribution >= 0.6 is 0 Å². The van der Waals surface area contributed by atoms with E-state index in [-0.39, 0.29) is 5.91 Å². The third-order valence-electron chi connectivity index (χ3n) is 4.74. The van der Waals surface area contributed by atoms with Gasteiger partial charge in [0, 0.05) is 33.2 Å². The Morgan fingerprint density at radius 1 is 1.24 bits per heavy atom. The number of aryl methyl sites for hydroxylation is 1. The van der Waals surface area contributed by atoms with E-state index in [1.807, 2.05) is 25.2 Å². The Morgan fingerprint density at radius 2 is 2.00 bits per heavy atom. The third-order valence-corrected chi connectivity index (χ3v) is 4.74. The first-order valence-electron chi connectivity index (χ1n) is 8.94. The van der Waals surface area contributed by atoms with Gasteiger partial charge in [-0.15, -0.1) is 0 Å². The van der Waals surface area contributed by atoms with E-state index in [9.17, 15) is 4.79 Å². The third kappa shape index (κ3) is 3.89. The van der Waals surface area contributed by atoms with Crippen molar-refractivity contribution in [3.05, 3.63) is 12.5 Å². The summed E-state index contributed by atoms with van der Waals surface area (Å²) in [5.74, 6) is 1.12. The normalized spacial score (nSPS) is 15.4. The molecule has 2 aromatic rings. The van der Waals surface area contributed by atoms with Gasteiger partial charge in [-0.1, -0.05) is 13.3 Å². The van der Waals surface area contributed by atoms with Gasteiger partial charge in [0.25, 0.3) is 0 Å². The van der Waals surface area contributed by atoms with Crippen molar-refractivity contribution in [3.8, 4) is 0 Å². The van der Waals surface area contributed by atoms with Crippen LogP contribution in [0.5, 0.6) is 0 Å². The van der Waals surface area contributed by atoms with E-state index in [2.05, 4.69) is 31.8 Å². The fraction of sp³-hybridized carbons (Fsp3) is 0.647. The first-order valence-corrected chi connectivity index (χ1v) is 8.94. The van der Waals surface area contributed by atoms with Gasteiger partial charge in [-0.3, -0.25) is 14.4 Å². The maximum absolute atomic E-state index is 12.5. The minimum Gasteiger partial charge on any atom is -0.352 e. The highest BCUT2D eigenvalue weighted by molar-refractivity contribution is 5.86. The average Bonchev–Trinajstić information content (AvgIpc) is 3.01. The Hall–Kier alpha value is -2.22. The number of likely N-dealkylation sites (N-methyl/N-ethyl adjacent to an activating group) is 1. The van der Waals surface area contributed by atoms with Crippen LogP contribution in [0.4, 0.5) is 5.82 Å². The van der Waals surface area contributed by atoms with Gasteiger partial charge in [0.1, 0.15) is 12.1 Å². The molecule has 0 aliphatic carbocycles. The number of unbranched alkanes of at least 4 members (excludes halogenated alkanes) is 1. The van der Waals surface area contributed by atoms with Crippen LogP contribution in [0, 0.1) is 0 Å². The fourth-order valence-electron chi connectivity index (χ4n) is 3.21. The molecule has 1 fully saturated rings. The number of hydrogen-bond acceptors (Lipinski definition) is 6. The molecule has 0 N–H and O–H groups in total. The highest BCUT2D eigenvalue weighted by Crippen LogP contribution is 2.23. The van der Waals surface area contributed by atoms with E-state index < -0.39 is 0 Å². The summed E-state index contributed by atoms with van der Waals surface area (Å²) in [6.07, 6.45) is 5.68. The van der Waals surface area contributed by atoms with Gasteiger partial charge < -0.3 is 9.80 Å². The van der Waals surface area contributed by atoms with Gasteiger partial charge in [0.15, 0.2) is 5.65 Å². The molecule has 0 unspecified atom stereocenters. The van der Waals surface area contributed by atoms with Crippen LogP contribution in [-0.4, -0.2) is 81.8 Å². The summed E-state index contributed by atoms with van der Waals surface area (Å²) in [6, 6.07) is 0. The summed E-state index contributed by atoms with van der Waals surface area (Å²) in [5.41, 5.74) is 0.834. The van der Waals surface area contributed by atoms with Crippen LogP contribution in [0.1, 0.15) is 19.8 Å². The second-order valence-corrected chi connectivity index (χ2v) is 6.66. The predicted octanol–water partition coefficient (Wildman–Crippen LogP) is 0.744. The number of hydrogen-bond donors (Lipinski definition) is 0. The van der Waals surface area contributed by atoms with Crippen molar-refractivity contribution in [2.24, 2.45) is 7.05 Å². The number of carbonyl (C=O) groups is 1. The standard InChI is InChI=1S/C17H27N7O/c1-4-5-6-21(2)12-15(25)23-7-9-24(10-8-23)17-14-11-20-22(3)16(14)18-13-19-17/h11,13H,4-10,12H2,1-3H3. The Kier molecular flexibility index (Phi) is 5.47. The number of amides is 1. The molecule has 8 nitrogen and oxygen atoms in total. The van der Waals surface area contributed by atoms with Crippen molar-refractivity contribution < 1.29 is 4.79 Å². The van der Waals surface area contributed by atoms with Crippen molar-refractivity contribution in [1.82, 2.24) is 29.5 Å². The molecule has 0 radical (unpaired) electrons. The maximum Gasteiger partial charge on any atom is 0.236 e. The quantitative estimate of drug-likeness (QED) is 0.769. The van der Waals surface area contributed by atoms with Crippen LogP contribution in [0.2, 0.25) is 0 Å². The van der Waals surface area contributed by atoms with E-state index in [4.69, 9.17) is 0 Å². The molecule has 25 heavy (non-hydrogen) atoms. The maximum atomic E-state index is 12.5. The molecule has 1 aliphatic heterocycles. The lowest BCUT2D eigenvalue weighted by Crippen LogP contribution is -2.51. The van der Waals surface area contributed by atoms with Gasteiger partial charge in [0.2, 0.25) is 5.91 Å². The summed E-state index contributed by atoms with van der Waals surface area (Å²) < 4.78 is 1.76. The van der Waals surface area contributed by atoms with Crippen molar-refractivity contribution in [2.75, 3.05) is 51.2 Å². The predicted molar refractivity (Wildman–Crippen MR) is 97.5 cm³/mol. The molecule has 8 heteroatoms. The fourth-order valence-corrected chi connectivity index (χ4v) is 3.21. The molecule has 0 spiro atoms. The first-order chi connectivity index (χ1) is 12.1. The lowest BCUT2D eigenvalue weighted by atomic mass is 10.2. The van der Waals surface area contributed by atoms with Crippen LogP contribution in [0.15, 0.2) is 12.5 Å². The largest absolute Gasteiger partial charge is 0.352 e. The summed E-state index contributed by atoms with van der Waals surface area (Å²) in [4.78, 5) is 27.5. The molecule has 3 rings (SSSR count). The van der Waals surface area contributed by atoms with E-state index in [1.165, 1.54) is 0 Å². The monoisotopic (exact) mass is 345 g/mol. The first kappa shape index (κ1) is 17.6. The highest BCUT2D eigenvalue weighted by Gasteiger charge is 2.24. The van der Waals surface area contributed by atoms with Gasteiger partial charge >= 0.3 is 0 Å².